The third-order valence-corrected chi connectivity index (χ3v) is 3.63. The van der Waals surface area contributed by atoms with Gasteiger partial charge in [0.2, 0.25) is 5.76 Å². The van der Waals surface area contributed by atoms with Gasteiger partial charge in [-0.1, -0.05) is 17.7 Å². The molecule has 5 heteroatoms. The van der Waals surface area contributed by atoms with Gasteiger partial charge in [0.1, 0.15) is 0 Å². The van der Waals surface area contributed by atoms with Crippen LogP contribution < -0.4 is 4.90 Å². The summed E-state index contributed by atoms with van der Waals surface area (Å²) < 4.78 is 5.11. The van der Waals surface area contributed by atoms with Crippen molar-refractivity contribution in [1.82, 2.24) is 0 Å². The summed E-state index contributed by atoms with van der Waals surface area (Å²) in [4.78, 5) is 25.0. The average molecular weight is 285 g/mol. The molecular formula is C16H15NO4. The number of nitrogens with zero attached hydrogens (tertiary/aromatic N) is 1. The summed E-state index contributed by atoms with van der Waals surface area (Å²) in [5.41, 5.74) is 3.18. The van der Waals surface area contributed by atoms with Crippen LogP contribution in [0.25, 0.3) is 0 Å². The number of furan rings is 1. The Bertz CT molecular complexity index is 717. The van der Waals surface area contributed by atoms with E-state index in [-0.39, 0.29) is 17.4 Å². The smallest absolute Gasteiger partial charge is 0.371 e. The Balaban J connectivity index is 1.94. The van der Waals surface area contributed by atoms with E-state index >= 15 is 0 Å². The summed E-state index contributed by atoms with van der Waals surface area (Å²) in [5, 5.41) is 8.86. The number of carbonyl (C=O) groups excluding carboxylic acids is 1. The van der Waals surface area contributed by atoms with Crippen LogP contribution in [0.5, 0.6) is 0 Å². The number of hydrogen-bond acceptors (Lipinski definition) is 3. The quantitative estimate of drug-likeness (QED) is 0.921. The number of carbonyl (C=O) groups is 2. The lowest BCUT2D eigenvalue weighted by atomic mass is 9.99. The van der Waals surface area contributed by atoms with E-state index in [0.29, 0.717) is 6.54 Å². The average Bonchev–Trinajstić information content (AvgIpc) is 2.95. The predicted octanol–water partition coefficient (Wildman–Crippen LogP) is 2.88. The molecule has 1 aliphatic heterocycles. The van der Waals surface area contributed by atoms with Crippen molar-refractivity contribution in [3.8, 4) is 0 Å². The number of aryl methyl sites for hydroxylation is 2. The SMILES string of the molecule is Cc1ccc2c(c1)CCCN2C(=O)c1ccc(C(=O)O)o1. The topological polar surface area (TPSA) is 70.8 Å². The number of fused-ring (bicyclic) bond motifs is 1. The Morgan fingerprint density at radius 2 is 1.95 bits per heavy atom. The molecule has 3 rings (SSSR count). The first-order valence-electron chi connectivity index (χ1n) is 6.81. The molecule has 1 aromatic carbocycles. The highest BCUT2D eigenvalue weighted by atomic mass is 16.4. The Kier molecular flexibility index (Phi) is 3.25. The number of benzene rings is 1. The summed E-state index contributed by atoms with van der Waals surface area (Å²) in [6.45, 7) is 2.63. The van der Waals surface area contributed by atoms with E-state index in [1.165, 1.54) is 12.1 Å². The van der Waals surface area contributed by atoms with Crippen molar-refractivity contribution in [1.29, 1.82) is 0 Å². The van der Waals surface area contributed by atoms with Gasteiger partial charge in [0, 0.05) is 12.2 Å². The van der Waals surface area contributed by atoms with Crippen molar-refractivity contribution >= 4 is 17.6 Å². The van der Waals surface area contributed by atoms with Crippen molar-refractivity contribution in [2.45, 2.75) is 19.8 Å². The minimum absolute atomic E-state index is 0.0563. The third-order valence-electron chi connectivity index (χ3n) is 3.63. The highest BCUT2D eigenvalue weighted by Crippen LogP contribution is 2.29. The van der Waals surface area contributed by atoms with E-state index < -0.39 is 5.97 Å². The fraction of sp³-hybridized carbons (Fsp3) is 0.250. The van der Waals surface area contributed by atoms with E-state index in [0.717, 1.165) is 29.7 Å². The summed E-state index contributed by atoms with van der Waals surface area (Å²) in [5.74, 6) is -1.64. The van der Waals surface area contributed by atoms with Gasteiger partial charge in [-0.15, -0.1) is 0 Å². The maximum atomic E-state index is 12.5. The highest BCUT2D eigenvalue weighted by Gasteiger charge is 2.26. The summed E-state index contributed by atoms with van der Waals surface area (Å²) >= 11 is 0. The Morgan fingerprint density at radius 1 is 1.19 bits per heavy atom. The van der Waals surface area contributed by atoms with Crippen LogP contribution in [0.2, 0.25) is 0 Å². The van der Waals surface area contributed by atoms with Gasteiger partial charge in [-0.25, -0.2) is 4.79 Å². The predicted molar refractivity (Wildman–Crippen MR) is 76.8 cm³/mol. The van der Waals surface area contributed by atoms with Crippen molar-refractivity contribution < 1.29 is 19.1 Å². The lowest BCUT2D eigenvalue weighted by molar-refractivity contribution is 0.0660. The van der Waals surface area contributed by atoms with E-state index in [1.807, 2.05) is 19.1 Å². The van der Waals surface area contributed by atoms with Gasteiger partial charge in [-0.05, 0) is 43.5 Å². The monoisotopic (exact) mass is 285 g/mol. The number of amides is 1. The van der Waals surface area contributed by atoms with E-state index in [2.05, 4.69) is 6.07 Å². The molecule has 5 nitrogen and oxygen atoms in total. The van der Waals surface area contributed by atoms with Crippen molar-refractivity contribution in [3.05, 3.63) is 53.0 Å². The van der Waals surface area contributed by atoms with E-state index in [9.17, 15) is 9.59 Å². The van der Waals surface area contributed by atoms with Crippen LogP contribution in [0.3, 0.4) is 0 Å². The molecule has 1 amide bonds. The van der Waals surface area contributed by atoms with Gasteiger partial charge in [-0.2, -0.15) is 0 Å². The molecule has 0 bridgehead atoms. The van der Waals surface area contributed by atoms with Crippen molar-refractivity contribution in [2.24, 2.45) is 0 Å². The Hall–Kier alpha value is -2.56. The second-order valence-corrected chi connectivity index (χ2v) is 5.16. The van der Waals surface area contributed by atoms with Crippen LogP contribution >= 0.6 is 0 Å². The third kappa shape index (κ3) is 2.42. The van der Waals surface area contributed by atoms with E-state index in [4.69, 9.17) is 9.52 Å². The van der Waals surface area contributed by atoms with Gasteiger partial charge >= 0.3 is 5.97 Å². The summed E-state index contributed by atoms with van der Waals surface area (Å²) in [6, 6.07) is 8.70. The maximum Gasteiger partial charge on any atom is 0.371 e. The molecule has 21 heavy (non-hydrogen) atoms. The molecular weight excluding hydrogens is 270 g/mol. The molecule has 0 aliphatic carbocycles. The number of rotatable bonds is 2. The number of aromatic carboxylic acids is 1. The van der Waals surface area contributed by atoms with Gasteiger partial charge in [0.05, 0.1) is 0 Å². The Morgan fingerprint density at radius 3 is 2.67 bits per heavy atom. The first kappa shape index (κ1) is 13.4. The van der Waals surface area contributed by atoms with Crippen LogP contribution in [0.4, 0.5) is 5.69 Å². The molecule has 0 saturated heterocycles. The molecule has 1 N–H and O–H groups in total. The lowest BCUT2D eigenvalue weighted by Crippen LogP contribution is -2.35. The zero-order valence-corrected chi connectivity index (χ0v) is 11.6. The second-order valence-electron chi connectivity index (χ2n) is 5.16. The normalized spacial score (nSPS) is 13.9. The molecule has 0 spiro atoms. The number of carboxylic acid groups (broad SMARTS) is 1. The molecule has 2 heterocycles. The van der Waals surface area contributed by atoms with Crippen LogP contribution in [0.15, 0.2) is 34.7 Å². The fourth-order valence-electron chi connectivity index (χ4n) is 2.64. The number of anilines is 1. The second kappa shape index (κ2) is 5.09. The minimum Gasteiger partial charge on any atom is -0.475 e. The van der Waals surface area contributed by atoms with Crippen LogP contribution in [-0.2, 0) is 6.42 Å². The molecule has 0 saturated carbocycles. The maximum absolute atomic E-state index is 12.5. The standard InChI is InChI=1S/C16H15NO4/c1-10-4-5-12-11(9-10)3-2-8-17(12)15(18)13-6-7-14(21-13)16(19)20/h4-7,9H,2-3,8H2,1H3,(H,19,20). The zero-order chi connectivity index (χ0) is 15.0. The first-order valence-corrected chi connectivity index (χ1v) is 6.81. The Labute approximate surface area is 121 Å². The molecule has 108 valence electrons. The zero-order valence-electron chi connectivity index (χ0n) is 11.6. The van der Waals surface area contributed by atoms with Crippen LogP contribution in [-0.4, -0.2) is 23.5 Å². The van der Waals surface area contributed by atoms with Crippen molar-refractivity contribution in [3.63, 3.8) is 0 Å². The fourth-order valence-corrected chi connectivity index (χ4v) is 2.64. The molecule has 0 unspecified atom stereocenters. The van der Waals surface area contributed by atoms with Gasteiger partial charge in [0.25, 0.3) is 5.91 Å². The minimum atomic E-state index is -1.18. The molecule has 2 aromatic rings. The van der Waals surface area contributed by atoms with Gasteiger partial charge in [-0.3, -0.25) is 4.79 Å². The molecule has 1 aromatic heterocycles. The van der Waals surface area contributed by atoms with E-state index in [1.54, 1.807) is 4.90 Å². The van der Waals surface area contributed by atoms with Crippen molar-refractivity contribution in [2.75, 3.05) is 11.4 Å². The number of hydrogen-bond donors (Lipinski definition) is 1. The molecule has 0 atom stereocenters. The summed E-state index contributed by atoms with van der Waals surface area (Å²) in [7, 11) is 0. The molecule has 0 radical (unpaired) electrons. The molecule has 1 aliphatic rings. The highest BCUT2D eigenvalue weighted by molar-refractivity contribution is 6.05. The van der Waals surface area contributed by atoms with Crippen LogP contribution in [0.1, 0.15) is 38.7 Å². The number of carboxylic acids is 1. The summed E-state index contributed by atoms with van der Waals surface area (Å²) in [6.07, 6.45) is 1.83. The van der Waals surface area contributed by atoms with Gasteiger partial charge < -0.3 is 14.4 Å². The largest absolute Gasteiger partial charge is 0.475 e. The lowest BCUT2D eigenvalue weighted by Gasteiger charge is -2.29. The first-order chi connectivity index (χ1) is 10.1. The van der Waals surface area contributed by atoms with Gasteiger partial charge in [0.15, 0.2) is 5.76 Å². The molecule has 0 fully saturated rings. The van der Waals surface area contributed by atoms with Crippen LogP contribution in [0, 0.1) is 6.92 Å².